The van der Waals surface area contributed by atoms with Crippen molar-refractivity contribution in [1.29, 1.82) is 0 Å². The zero-order valence-electron chi connectivity index (χ0n) is 12.1. The van der Waals surface area contributed by atoms with Gasteiger partial charge in [-0.05, 0) is 17.7 Å². The Bertz CT molecular complexity index is 958. The van der Waals surface area contributed by atoms with Crippen LogP contribution in [0, 0.1) is 0 Å². The average Bonchev–Trinajstić information content (AvgIpc) is 3.34. The Morgan fingerprint density at radius 3 is 2.08 bits per heavy atom. The molecule has 4 rings (SSSR count). The van der Waals surface area contributed by atoms with Crippen LogP contribution >= 0.6 is 0 Å². The second-order valence-electron chi connectivity index (χ2n) is 6.35. The highest BCUT2D eigenvalue weighted by molar-refractivity contribution is 5.92. The van der Waals surface area contributed by atoms with Gasteiger partial charge in [0.05, 0.1) is 0 Å². The van der Waals surface area contributed by atoms with Gasteiger partial charge in [-0.1, -0.05) is 0 Å². The predicted molar refractivity (Wildman–Crippen MR) is 76.1 cm³/mol. The fourth-order valence-corrected chi connectivity index (χ4v) is 3.08. The summed E-state index contributed by atoms with van der Waals surface area (Å²) in [6.07, 6.45) is -3.72. The Balaban J connectivity index is 2.02. The third kappa shape index (κ3) is 1.85. The number of alkyl halides is 4. The van der Waals surface area contributed by atoms with Crippen LogP contribution in [0.15, 0.2) is 23.1 Å². The van der Waals surface area contributed by atoms with E-state index in [0.29, 0.717) is 0 Å². The van der Waals surface area contributed by atoms with Gasteiger partial charge in [0, 0.05) is 35.5 Å². The number of pyridine rings is 1. The van der Waals surface area contributed by atoms with Gasteiger partial charge in [0.25, 0.3) is 0 Å². The molecule has 0 saturated heterocycles. The summed E-state index contributed by atoms with van der Waals surface area (Å²) in [5, 5.41) is 8.77. The van der Waals surface area contributed by atoms with Crippen LogP contribution in [-0.4, -0.2) is 28.4 Å². The quantitative estimate of drug-likeness (QED) is 0.843. The van der Waals surface area contributed by atoms with Gasteiger partial charge in [-0.15, -0.1) is 0 Å². The standard InChI is InChI=1S/C16H11F4NO3/c17-11-3-15(11,19)8-1-6-10(2-9(8)16(20)4-12(16)18)21-5-7(13(6)22)14(23)24/h1-2,5,11-12H,3-4H2,(H,21,22)(H,23,24). The van der Waals surface area contributed by atoms with Gasteiger partial charge < -0.3 is 10.1 Å². The average molecular weight is 341 g/mol. The zero-order valence-corrected chi connectivity index (χ0v) is 12.1. The molecule has 0 spiro atoms. The summed E-state index contributed by atoms with van der Waals surface area (Å²) in [4.78, 5) is 25.8. The molecule has 126 valence electrons. The Labute approximate surface area is 132 Å². The fraction of sp³-hybridized carbons (Fsp3) is 0.375. The number of carboxylic acid groups (broad SMARTS) is 1. The van der Waals surface area contributed by atoms with E-state index < -0.39 is 59.0 Å². The van der Waals surface area contributed by atoms with Gasteiger partial charge >= 0.3 is 5.97 Å². The number of aromatic carboxylic acids is 1. The van der Waals surface area contributed by atoms with Crippen molar-refractivity contribution in [2.75, 3.05) is 0 Å². The summed E-state index contributed by atoms with van der Waals surface area (Å²) in [6, 6.07) is 2.02. The molecule has 1 aromatic heterocycles. The Kier molecular flexibility index (Phi) is 2.76. The fourth-order valence-electron chi connectivity index (χ4n) is 3.08. The maximum atomic E-state index is 14.6. The summed E-state index contributed by atoms with van der Waals surface area (Å²) >= 11 is 0. The molecule has 2 aliphatic carbocycles. The van der Waals surface area contributed by atoms with Gasteiger partial charge in [-0.2, -0.15) is 0 Å². The summed E-state index contributed by atoms with van der Waals surface area (Å²) in [7, 11) is 0. The number of benzene rings is 1. The molecule has 4 nitrogen and oxygen atoms in total. The molecule has 0 bridgehead atoms. The molecule has 0 amide bonds. The van der Waals surface area contributed by atoms with Crippen LogP contribution < -0.4 is 5.43 Å². The van der Waals surface area contributed by atoms with Crippen LogP contribution in [0.4, 0.5) is 17.6 Å². The van der Waals surface area contributed by atoms with Crippen molar-refractivity contribution in [1.82, 2.24) is 4.98 Å². The van der Waals surface area contributed by atoms with Crippen LogP contribution in [0.25, 0.3) is 10.9 Å². The molecule has 0 radical (unpaired) electrons. The van der Waals surface area contributed by atoms with E-state index in [0.717, 1.165) is 18.3 Å². The van der Waals surface area contributed by atoms with Gasteiger partial charge in [0.2, 0.25) is 5.43 Å². The molecule has 4 atom stereocenters. The molecule has 2 aromatic rings. The third-order valence-electron chi connectivity index (χ3n) is 4.77. The minimum absolute atomic E-state index is 0.0412. The second-order valence-corrected chi connectivity index (χ2v) is 6.35. The molecule has 0 aliphatic heterocycles. The van der Waals surface area contributed by atoms with Gasteiger partial charge in [0.15, 0.2) is 11.3 Å². The number of nitrogens with one attached hydrogen (secondary N) is 1. The summed E-state index contributed by atoms with van der Waals surface area (Å²) in [6.45, 7) is 0. The van der Waals surface area contributed by atoms with E-state index in [4.69, 9.17) is 5.11 Å². The number of fused-ring (bicyclic) bond motifs is 1. The molecule has 4 unspecified atom stereocenters. The molecule has 2 N–H and O–H groups in total. The molecule has 1 heterocycles. The lowest BCUT2D eigenvalue weighted by Gasteiger charge is -2.17. The van der Waals surface area contributed by atoms with E-state index in [1.807, 2.05) is 0 Å². The first-order valence-corrected chi connectivity index (χ1v) is 7.28. The monoisotopic (exact) mass is 341 g/mol. The van der Waals surface area contributed by atoms with E-state index in [-0.39, 0.29) is 16.5 Å². The highest BCUT2D eigenvalue weighted by atomic mass is 19.2. The molecule has 2 saturated carbocycles. The smallest absolute Gasteiger partial charge is 0.341 e. The first-order valence-electron chi connectivity index (χ1n) is 7.28. The van der Waals surface area contributed by atoms with E-state index in [1.165, 1.54) is 0 Å². The predicted octanol–water partition coefficient (Wildman–Crippen LogP) is 3.04. The number of H-pyrrole nitrogens is 1. The van der Waals surface area contributed by atoms with E-state index in [2.05, 4.69) is 4.98 Å². The molecular weight excluding hydrogens is 330 g/mol. The topological polar surface area (TPSA) is 70.2 Å². The lowest BCUT2D eigenvalue weighted by atomic mass is 9.93. The van der Waals surface area contributed by atoms with Crippen molar-refractivity contribution in [3.8, 4) is 0 Å². The minimum atomic E-state index is -2.48. The largest absolute Gasteiger partial charge is 0.477 e. The molecule has 1 aromatic carbocycles. The van der Waals surface area contributed by atoms with E-state index >= 15 is 0 Å². The maximum Gasteiger partial charge on any atom is 0.341 e. The first kappa shape index (κ1) is 15.2. The molecule has 24 heavy (non-hydrogen) atoms. The first-order chi connectivity index (χ1) is 11.2. The van der Waals surface area contributed by atoms with Crippen molar-refractivity contribution in [2.45, 2.75) is 36.5 Å². The Morgan fingerprint density at radius 1 is 1.12 bits per heavy atom. The van der Waals surface area contributed by atoms with Crippen LogP contribution in [-0.2, 0) is 11.3 Å². The highest BCUT2D eigenvalue weighted by Crippen LogP contribution is 2.60. The van der Waals surface area contributed by atoms with Crippen LogP contribution in [0.1, 0.15) is 34.3 Å². The van der Waals surface area contributed by atoms with Crippen LogP contribution in [0.3, 0.4) is 0 Å². The number of rotatable bonds is 3. The van der Waals surface area contributed by atoms with Crippen molar-refractivity contribution in [2.24, 2.45) is 0 Å². The van der Waals surface area contributed by atoms with E-state index in [9.17, 15) is 27.2 Å². The normalized spacial score (nSPS) is 34.3. The number of aromatic nitrogens is 1. The molecule has 2 fully saturated rings. The lowest BCUT2D eigenvalue weighted by Crippen LogP contribution is -2.19. The summed E-state index contributed by atoms with van der Waals surface area (Å²) < 4.78 is 56.1. The molecule has 2 aliphatic rings. The van der Waals surface area contributed by atoms with Crippen molar-refractivity contribution < 1.29 is 27.5 Å². The molecular formula is C16H11F4NO3. The van der Waals surface area contributed by atoms with Gasteiger partial charge in [-0.3, -0.25) is 4.79 Å². The van der Waals surface area contributed by atoms with Crippen molar-refractivity contribution in [3.63, 3.8) is 0 Å². The van der Waals surface area contributed by atoms with Gasteiger partial charge in [-0.25, -0.2) is 22.4 Å². The summed E-state index contributed by atoms with van der Waals surface area (Å²) in [5.74, 6) is -1.48. The van der Waals surface area contributed by atoms with Gasteiger partial charge in [0.1, 0.15) is 17.9 Å². The second kappa shape index (κ2) is 4.37. The number of hydrogen-bond acceptors (Lipinski definition) is 2. The minimum Gasteiger partial charge on any atom is -0.477 e. The van der Waals surface area contributed by atoms with E-state index in [1.54, 1.807) is 0 Å². The SMILES string of the molecule is O=C(O)c1c[nH]c2cc(C3(F)CC3F)c(C3(F)CC3F)cc2c1=O. The highest BCUT2D eigenvalue weighted by Gasteiger charge is 2.65. The Hall–Kier alpha value is -2.38. The van der Waals surface area contributed by atoms with Crippen LogP contribution in [0.2, 0.25) is 0 Å². The van der Waals surface area contributed by atoms with Crippen molar-refractivity contribution >= 4 is 16.9 Å². The van der Waals surface area contributed by atoms with Crippen molar-refractivity contribution in [3.05, 3.63) is 45.2 Å². The number of aromatic amines is 1. The number of hydrogen-bond donors (Lipinski definition) is 2. The number of carbonyl (C=O) groups is 1. The zero-order chi connectivity index (χ0) is 17.4. The lowest BCUT2D eigenvalue weighted by molar-refractivity contribution is 0.0695. The Morgan fingerprint density at radius 2 is 1.62 bits per heavy atom. The van der Waals surface area contributed by atoms with Crippen LogP contribution in [0.5, 0.6) is 0 Å². The number of halogens is 4. The number of carboxylic acids is 1. The summed E-state index contributed by atoms with van der Waals surface area (Å²) in [5.41, 5.74) is -7.07. The maximum absolute atomic E-state index is 14.6. The third-order valence-corrected chi connectivity index (χ3v) is 4.77. The molecule has 8 heteroatoms.